The fourth-order valence-electron chi connectivity index (χ4n) is 2.58. The number of alkyl halides is 1. The lowest BCUT2D eigenvalue weighted by atomic mass is 9.99. The van der Waals surface area contributed by atoms with Crippen LogP contribution < -0.4 is 11.1 Å². The molecule has 1 aliphatic heterocycles. The number of benzene rings is 2. The molecule has 0 saturated heterocycles. The van der Waals surface area contributed by atoms with Gasteiger partial charge in [0.1, 0.15) is 0 Å². The number of aliphatic imine (C=N–C) groups is 1. The van der Waals surface area contributed by atoms with E-state index in [0.717, 1.165) is 28.1 Å². The van der Waals surface area contributed by atoms with Crippen molar-refractivity contribution in [3.05, 3.63) is 76.0 Å². The van der Waals surface area contributed by atoms with Gasteiger partial charge in [-0.05, 0) is 23.8 Å². The fraction of sp³-hybridized carbons (Fsp3) is 0.111. The molecule has 0 unspecified atom stereocenters. The second-order valence-corrected chi connectivity index (χ2v) is 6.03. The molecule has 0 aliphatic carbocycles. The second-order valence-electron chi connectivity index (χ2n) is 5.36. The Morgan fingerprint density at radius 1 is 1.25 bits per heavy atom. The summed E-state index contributed by atoms with van der Waals surface area (Å²) in [5.74, 6) is -0.125. The Hall–Kier alpha value is -2.30. The first kappa shape index (κ1) is 16.6. The first-order valence-corrected chi connectivity index (χ1v) is 8.25. The number of benzodiazepines with no additional fused rings is 1. The van der Waals surface area contributed by atoms with E-state index in [9.17, 15) is 4.79 Å². The molecule has 0 radical (unpaired) electrons. The largest absolute Gasteiger partial charge is 0.366 e. The molecular formula is C18H15Cl2N3O. The first-order valence-electron chi connectivity index (χ1n) is 7.34. The third-order valence-electron chi connectivity index (χ3n) is 3.64. The molecule has 0 bridgehead atoms. The maximum absolute atomic E-state index is 11.2. The van der Waals surface area contributed by atoms with Crippen LogP contribution in [-0.2, 0) is 10.7 Å². The van der Waals surface area contributed by atoms with Crippen LogP contribution in [0.15, 0.2) is 59.2 Å². The molecule has 1 heterocycles. The molecule has 0 fully saturated rings. The fourth-order valence-corrected chi connectivity index (χ4v) is 2.97. The number of amides is 1. The quantitative estimate of drug-likeness (QED) is 0.647. The molecule has 4 nitrogen and oxygen atoms in total. The third kappa shape index (κ3) is 3.45. The van der Waals surface area contributed by atoms with Crippen molar-refractivity contribution < 1.29 is 4.79 Å². The Labute approximate surface area is 150 Å². The normalized spacial score (nSPS) is 15.2. The van der Waals surface area contributed by atoms with Crippen LogP contribution in [0.2, 0.25) is 5.02 Å². The molecule has 3 N–H and O–H groups in total. The molecule has 2 aromatic carbocycles. The zero-order valence-electron chi connectivity index (χ0n) is 12.7. The van der Waals surface area contributed by atoms with Gasteiger partial charge < -0.3 is 11.1 Å². The number of hydrogen-bond acceptors (Lipinski definition) is 3. The number of anilines is 1. The van der Waals surface area contributed by atoms with Gasteiger partial charge in [-0.1, -0.05) is 35.9 Å². The lowest BCUT2D eigenvalue weighted by Gasteiger charge is -2.13. The maximum Gasteiger partial charge on any atom is 0.243 e. The van der Waals surface area contributed by atoms with Gasteiger partial charge >= 0.3 is 0 Å². The number of rotatable bonds is 3. The Morgan fingerprint density at radius 3 is 2.75 bits per heavy atom. The van der Waals surface area contributed by atoms with Crippen LogP contribution in [0.1, 0.15) is 16.7 Å². The standard InChI is InChI=1S/C18H15Cl2N3O/c19-9-11-5-6-16-14(7-11)18(13-3-1-2-4-15(13)20)22-10-12(23-16)8-17(21)24/h1-8,23H,9-10H2,(H2,21,24). The number of primary amides is 1. The van der Waals surface area contributed by atoms with E-state index >= 15 is 0 Å². The van der Waals surface area contributed by atoms with Gasteiger partial charge in [-0.2, -0.15) is 0 Å². The van der Waals surface area contributed by atoms with E-state index in [1.54, 1.807) is 0 Å². The summed E-state index contributed by atoms with van der Waals surface area (Å²) in [6.45, 7) is 0.300. The molecule has 122 valence electrons. The van der Waals surface area contributed by atoms with Gasteiger partial charge in [-0.3, -0.25) is 9.79 Å². The average Bonchev–Trinajstić information content (AvgIpc) is 2.73. The average molecular weight is 360 g/mol. The summed E-state index contributed by atoms with van der Waals surface area (Å²) >= 11 is 12.3. The van der Waals surface area contributed by atoms with Crippen molar-refractivity contribution in [2.45, 2.75) is 5.88 Å². The molecule has 0 spiro atoms. The number of halogens is 2. The topological polar surface area (TPSA) is 67.5 Å². The summed E-state index contributed by atoms with van der Waals surface area (Å²) in [6, 6.07) is 13.3. The van der Waals surface area contributed by atoms with E-state index in [0.29, 0.717) is 23.1 Å². The molecule has 24 heavy (non-hydrogen) atoms. The Kier molecular flexibility index (Phi) is 4.88. The highest BCUT2D eigenvalue weighted by molar-refractivity contribution is 6.36. The second kappa shape index (κ2) is 7.07. The molecular weight excluding hydrogens is 345 g/mol. The molecule has 1 aliphatic rings. The molecule has 0 aromatic heterocycles. The molecule has 6 heteroatoms. The van der Waals surface area contributed by atoms with Gasteiger partial charge in [0.05, 0.1) is 12.3 Å². The van der Waals surface area contributed by atoms with E-state index < -0.39 is 5.91 Å². The van der Waals surface area contributed by atoms with Crippen LogP contribution in [-0.4, -0.2) is 18.2 Å². The van der Waals surface area contributed by atoms with E-state index in [4.69, 9.17) is 28.9 Å². The van der Waals surface area contributed by atoms with Gasteiger partial charge in [-0.15, -0.1) is 11.6 Å². The molecule has 1 amide bonds. The van der Waals surface area contributed by atoms with E-state index in [1.807, 2.05) is 42.5 Å². The van der Waals surface area contributed by atoms with Crippen LogP contribution in [0.25, 0.3) is 0 Å². The summed E-state index contributed by atoms with van der Waals surface area (Å²) < 4.78 is 0. The zero-order valence-corrected chi connectivity index (χ0v) is 14.2. The predicted molar refractivity (Wildman–Crippen MR) is 98.9 cm³/mol. The van der Waals surface area contributed by atoms with Crippen LogP contribution >= 0.6 is 23.2 Å². The summed E-state index contributed by atoms with van der Waals surface area (Å²) in [7, 11) is 0. The van der Waals surface area contributed by atoms with Crippen LogP contribution in [0.3, 0.4) is 0 Å². The highest BCUT2D eigenvalue weighted by atomic mass is 35.5. The third-order valence-corrected chi connectivity index (χ3v) is 4.28. The highest BCUT2D eigenvalue weighted by Gasteiger charge is 2.19. The van der Waals surface area contributed by atoms with Crippen LogP contribution in [0, 0.1) is 0 Å². The molecule has 0 atom stereocenters. The number of nitrogens with two attached hydrogens (primary N) is 1. The number of fused-ring (bicyclic) bond motifs is 1. The minimum Gasteiger partial charge on any atom is -0.366 e. The smallest absolute Gasteiger partial charge is 0.243 e. The van der Waals surface area contributed by atoms with Gasteiger partial charge in [-0.25, -0.2) is 0 Å². The number of hydrogen-bond donors (Lipinski definition) is 2. The minimum atomic E-state index is -0.521. The maximum atomic E-state index is 11.2. The van der Waals surface area contributed by atoms with E-state index in [-0.39, 0.29) is 0 Å². The Bertz CT molecular complexity index is 859. The van der Waals surface area contributed by atoms with Crippen molar-refractivity contribution in [2.24, 2.45) is 10.7 Å². The van der Waals surface area contributed by atoms with Gasteiger partial charge in [0, 0.05) is 39.5 Å². The number of nitrogens with zero attached hydrogens (tertiary/aromatic N) is 1. The monoisotopic (exact) mass is 359 g/mol. The van der Waals surface area contributed by atoms with Gasteiger partial charge in [0.25, 0.3) is 0 Å². The highest BCUT2D eigenvalue weighted by Crippen LogP contribution is 2.29. The van der Waals surface area contributed by atoms with Gasteiger partial charge in [0.2, 0.25) is 5.91 Å². The van der Waals surface area contributed by atoms with Crippen LogP contribution in [0.5, 0.6) is 0 Å². The lowest BCUT2D eigenvalue weighted by molar-refractivity contribution is -0.113. The lowest BCUT2D eigenvalue weighted by Crippen LogP contribution is -2.11. The van der Waals surface area contributed by atoms with Crippen molar-refractivity contribution in [1.29, 1.82) is 0 Å². The van der Waals surface area contributed by atoms with Gasteiger partial charge in [0.15, 0.2) is 0 Å². The first-order chi connectivity index (χ1) is 11.6. The summed E-state index contributed by atoms with van der Waals surface area (Å²) in [4.78, 5) is 15.9. The van der Waals surface area contributed by atoms with Crippen molar-refractivity contribution in [1.82, 2.24) is 0 Å². The number of nitrogens with one attached hydrogen (secondary N) is 1. The Morgan fingerprint density at radius 2 is 2.04 bits per heavy atom. The Balaban J connectivity index is 2.19. The number of carbonyl (C=O) groups is 1. The van der Waals surface area contributed by atoms with Crippen molar-refractivity contribution >= 4 is 40.5 Å². The summed E-state index contributed by atoms with van der Waals surface area (Å²) in [6.07, 6.45) is 1.35. The SMILES string of the molecule is NC(=O)C=C1CN=C(c2ccccc2Cl)c2cc(CCl)ccc2N1. The van der Waals surface area contributed by atoms with Crippen molar-refractivity contribution in [2.75, 3.05) is 11.9 Å². The van der Waals surface area contributed by atoms with E-state index in [1.165, 1.54) is 6.08 Å². The van der Waals surface area contributed by atoms with Crippen LogP contribution in [0.4, 0.5) is 5.69 Å². The summed E-state index contributed by atoms with van der Waals surface area (Å²) in [5, 5.41) is 3.83. The predicted octanol–water partition coefficient (Wildman–Crippen LogP) is 3.71. The van der Waals surface area contributed by atoms with Crippen molar-refractivity contribution in [3.63, 3.8) is 0 Å². The van der Waals surface area contributed by atoms with Crippen molar-refractivity contribution in [3.8, 4) is 0 Å². The summed E-state index contributed by atoms with van der Waals surface area (Å²) in [5.41, 5.74) is 10.2. The number of carbonyl (C=O) groups excluding carboxylic acids is 1. The molecule has 3 rings (SSSR count). The molecule has 0 saturated carbocycles. The zero-order chi connectivity index (χ0) is 17.1. The minimum absolute atomic E-state index is 0.300. The van der Waals surface area contributed by atoms with E-state index in [2.05, 4.69) is 10.3 Å². The molecule has 2 aromatic rings.